The molecule has 7 nitrogen and oxygen atoms in total. The van der Waals surface area contributed by atoms with Gasteiger partial charge in [-0.25, -0.2) is 4.79 Å². The molecule has 0 bridgehead atoms. The summed E-state index contributed by atoms with van der Waals surface area (Å²) in [5, 5.41) is 4.66. The molecule has 0 aliphatic heterocycles. The second kappa shape index (κ2) is 11.3. The zero-order chi connectivity index (χ0) is 24.8. The largest absolute Gasteiger partial charge is 0.452 e. The molecule has 0 aliphatic rings. The van der Waals surface area contributed by atoms with Crippen molar-refractivity contribution in [2.75, 3.05) is 20.8 Å². The lowest BCUT2D eigenvalue weighted by Gasteiger charge is -2.22. The zero-order valence-corrected chi connectivity index (χ0v) is 21.4. The molecule has 0 saturated carbocycles. The van der Waals surface area contributed by atoms with Crippen molar-refractivity contribution in [2.24, 2.45) is 4.99 Å². The van der Waals surface area contributed by atoms with Crippen molar-refractivity contribution in [1.82, 2.24) is 9.78 Å². The molecule has 33 heavy (non-hydrogen) atoms. The van der Waals surface area contributed by atoms with Gasteiger partial charge in [-0.15, -0.1) is 0 Å². The highest BCUT2D eigenvalue weighted by Gasteiger charge is 2.24. The lowest BCUT2D eigenvalue weighted by Crippen LogP contribution is -2.22. The van der Waals surface area contributed by atoms with Crippen LogP contribution in [-0.4, -0.2) is 49.0 Å². The van der Waals surface area contributed by atoms with Gasteiger partial charge in [-0.05, 0) is 37.3 Å². The van der Waals surface area contributed by atoms with E-state index in [2.05, 4.69) is 55.1 Å². The van der Waals surface area contributed by atoms with Crippen LogP contribution in [0.4, 0.5) is 0 Å². The molecule has 2 rings (SSSR count). The van der Waals surface area contributed by atoms with E-state index in [4.69, 9.17) is 14.2 Å². The molecular formula is C26H37N3O4. The molecule has 1 heterocycles. The number of aromatic nitrogens is 2. The first-order valence-corrected chi connectivity index (χ1v) is 11.2. The summed E-state index contributed by atoms with van der Waals surface area (Å²) in [6, 6.07) is 8.37. The number of methoxy groups -OCH3 is 1. The van der Waals surface area contributed by atoms with E-state index in [-0.39, 0.29) is 12.0 Å². The normalized spacial score (nSPS) is 13.7. The smallest absolute Gasteiger partial charge is 0.335 e. The fraction of sp³-hybridized carbons (Fsp3) is 0.500. The summed E-state index contributed by atoms with van der Waals surface area (Å²) in [7, 11) is 3.17. The number of ether oxygens (including phenoxy) is 3. The van der Waals surface area contributed by atoms with Gasteiger partial charge in [0.15, 0.2) is 5.76 Å². The number of aliphatic imine (C=N–C) groups is 1. The monoisotopic (exact) mass is 455 g/mol. The topological polar surface area (TPSA) is 74.9 Å². The molecule has 1 aromatic heterocycles. The van der Waals surface area contributed by atoms with Gasteiger partial charge in [-0.1, -0.05) is 45.0 Å². The molecule has 0 spiro atoms. The molecular weight excluding hydrogens is 418 g/mol. The molecule has 0 amide bonds. The van der Waals surface area contributed by atoms with Crippen molar-refractivity contribution in [3.05, 3.63) is 52.3 Å². The second-order valence-electron chi connectivity index (χ2n) is 8.94. The maximum Gasteiger partial charge on any atom is 0.335 e. The van der Waals surface area contributed by atoms with E-state index in [9.17, 15) is 4.79 Å². The number of hydrogen-bond donors (Lipinski definition) is 0. The molecule has 0 fully saturated rings. The fourth-order valence-corrected chi connectivity index (χ4v) is 3.50. The van der Waals surface area contributed by atoms with Gasteiger partial charge < -0.3 is 14.2 Å². The summed E-state index contributed by atoms with van der Waals surface area (Å²) in [6.45, 7) is 14.8. The third-order valence-corrected chi connectivity index (χ3v) is 5.35. The van der Waals surface area contributed by atoms with Crippen molar-refractivity contribution >= 4 is 23.5 Å². The fourth-order valence-electron chi connectivity index (χ4n) is 3.50. The standard InChI is InChI=1S/C26H37N3O4/c1-10-29-24(17(2)18(3)28-29)25(33-19(4)32-23(30)16-31-9)22(15-27-8)20-11-13-21(14-12-20)26(5,6)7/h11-15,19H,10,16H2,1-9H3/b25-22-,27-15-. The summed E-state index contributed by atoms with van der Waals surface area (Å²) < 4.78 is 18.5. The maximum atomic E-state index is 12.0. The van der Waals surface area contributed by atoms with Crippen molar-refractivity contribution in [1.29, 1.82) is 0 Å². The van der Waals surface area contributed by atoms with E-state index in [0.29, 0.717) is 12.3 Å². The van der Waals surface area contributed by atoms with Crippen LogP contribution in [0, 0.1) is 13.8 Å². The van der Waals surface area contributed by atoms with Crippen LogP contribution in [0.2, 0.25) is 0 Å². The number of benzene rings is 1. The predicted octanol–water partition coefficient (Wildman–Crippen LogP) is 4.94. The Morgan fingerprint density at radius 1 is 1.18 bits per heavy atom. The first-order chi connectivity index (χ1) is 15.5. The summed E-state index contributed by atoms with van der Waals surface area (Å²) in [5.41, 5.74) is 5.74. The van der Waals surface area contributed by atoms with E-state index in [1.54, 1.807) is 20.2 Å². The van der Waals surface area contributed by atoms with Gasteiger partial charge in [0.05, 0.1) is 5.69 Å². The van der Waals surface area contributed by atoms with Crippen LogP contribution in [0.3, 0.4) is 0 Å². The third kappa shape index (κ3) is 6.54. The van der Waals surface area contributed by atoms with Gasteiger partial charge in [-0.2, -0.15) is 5.10 Å². The average Bonchev–Trinajstić information content (AvgIpc) is 3.04. The summed E-state index contributed by atoms with van der Waals surface area (Å²) in [4.78, 5) is 16.3. The van der Waals surface area contributed by atoms with Crippen molar-refractivity contribution in [3.8, 4) is 0 Å². The molecule has 1 unspecified atom stereocenters. The highest BCUT2D eigenvalue weighted by atomic mass is 16.7. The predicted molar refractivity (Wildman–Crippen MR) is 132 cm³/mol. The molecule has 2 aromatic rings. The minimum atomic E-state index is -0.836. The quantitative estimate of drug-likeness (QED) is 0.232. The van der Waals surface area contributed by atoms with Gasteiger partial charge >= 0.3 is 5.97 Å². The number of nitrogens with zero attached hydrogens (tertiary/aromatic N) is 3. The van der Waals surface area contributed by atoms with Gasteiger partial charge in [0.2, 0.25) is 6.29 Å². The number of carbonyl (C=O) groups is 1. The van der Waals surface area contributed by atoms with Crippen molar-refractivity contribution in [3.63, 3.8) is 0 Å². The molecule has 1 atom stereocenters. The Morgan fingerprint density at radius 2 is 1.82 bits per heavy atom. The third-order valence-electron chi connectivity index (χ3n) is 5.35. The number of carbonyl (C=O) groups excluding carboxylic acids is 1. The van der Waals surface area contributed by atoms with Crippen LogP contribution in [0.1, 0.15) is 62.7 Å². The molecule has 0 aliphatic carbocycles. The number of allylic oxidation sites excluding steroid dienone is 1. The Hall–Kier alpha value is -2.93. The minimum absolute atomic E-state index is 0.0409. The van der Waals surface area contributed by atoms with Crippen molar-refractivity contribution < 1.29 is 19.0 Å². The van der Waals surface area contributed by atoms with Crippen LogP contribution >= 0.6 is 0 Å². The van der Waals surface area contributed by atoms with E-state index >= 15 is 0 Å². The lowest BCUT2D eigenvalue weighted by molar-refractivity contribution is -0.168. The Kier molecular flexibility index (Phi) is 8.99. The van der Waals surface area contributed by atoms with Crippen LogP contribution in [0.15, 0.2) is 29.3 Å². The van der Waals surface area contributed by atoms with E-state index < -0.39 is 12.3 Å². The summed E-state index contributed by atoms with van der Waals surface area (Å²) in [6.07, 6.45) is 0.934. The van der Waals surface area contributed by atoms with Crippen LogP contribution in [0.25, 0.3) is 11.3 Å². The zero-order valence-electron chi connectivity index (χ0n) is 21.4. The minimum Gasteiger partial charge on any atom is -0.452 e. The van der Waals surface area contributed by atoms with Gasteiger partial charge in [-0.3, -0.25) is 9.67 Å². The highest BCUT2D eigenvalue weighted by molar-refractivity contribution is 6.18. The molecule has 0 radical (unpaired) electrons. The number of esters is 1. The Morgan fingerprint density at radius 3 is 2.33 bits per heavy atom. The Labute approximate surface area is 197 Å². The van der Waals surface area contributed by atoms with Gasteiger partial charge in [0.25, 0.3) is 0 Å². The van der Waals surface area contributed by atoms with Gasteiger partial charge in [0, 0.05) is 45.0 Å². The Balaban J connectivity index is 2.69. The summed E-state index contributed by atoms with van der Waals surface area (Å²) in [5.74, 6) is 0.0586. The molecule has 0 N–H and O–H groups in total. The number of aryl methyl sites for hydroxylation is 2. The average molecular weight is 456 g/mol. The SMILES string of the molecule is CCn1nc(C)c(C)c1/C(OC(C)OC(=O)COC)=C(\C=N/C)c1ccc(C(C)(C)C)cc1. The van der Waals surface area contributed by atoms with Crippen molar-refractivity contribution in [2.45, 2.75) is 66.7 Å². The van der Waals surface area contributed by atoms with Gasteiger partial charge in [0.1, 0.15) is 12.3 Å². The number of hydrogen-bond acceptors (Lipinski definition) is 6. The molecule has 0 saturated heterocycles. The second-order valence-corrected chi connectivity index (χ2v) is 8.94. The maximum absolute atomic E-state index is 12.0. The summed E-state index contributed by atoms with van der Waals surface area (Å²) >= 11 is 0. The van der Waals surface area contributed by atoms with E-state index in [1.165, 1.54) is 12.7 Å². The van der Waals surface area contributed by atoms with Crippen LogP contribution < -0.4 is 0 Å². The van der Waals surface area contributed by atoms with E-state index in [0.717, 1.165) is 28.1 Å². The first kappa shape index (κ1) is 26.3. The molecule has 7 heteroatoms. The molecule has 180 valence electrons. The lowest BCUT2D eigenvalue weighted by atomic mass is 9.86. The van der Waals surface area contributed by atoms with E-state index in [1.807, 2.05) is 25.5 Å². The first-order valence-electron chi connectivity index (χ1n) is 11.2. The Bertz CT molecular complexity index is 1010. The van der Waals surface area contributed by atoms with Crippen LogP contribution in [-0.2, 0) is 31.0 Å². The highest BCUT2D eigenvalue weighted by Crippen LogP contribution is 2.32. The number of rotatable bonds is 9. The van der Waals surface area contributed by atoms with Crippen LogP contribution in [0.5, 0.6) is 0 Å². The molecule has 1 aromatic carbocycles.